The summed E-state index contributed by atoms with van der Waals surface area (Å²) in [5.41, 5.74) is 0.519. The third-order valence-electron chi connectivity index (χ3n) is 4.11. The Morgan fingerprint density at radius 2 is 1.81 bits per heavy atom. The van der Waals surface area contributed by atoms with Gasteiger partial charge >= 0.3 is 5.97 Å². The Morgan fingerprint density at radius 1 is 1.12 bits per heavy atom. The van der Waals surface area contributed by atoms with Gasteiger partial charge in [0.25, 0.3) is 0 Å². The third kappa shape index (κ3) is 2.66. The lowest BCUT2D eigenvalue weighted by Gasteiger charge is -2.38. The number of hydrogen-bond donors (Lipinski definition) is 0. The average Bonchev–Trinajstić information content (AvgIpc) is 2.28. The Morgan fingerprint density at radius 3 is 2.50 bits per heavy atom. The van der Waals surface area contributed by atoms with Crippen molar-refractivity contribution in [1.29, 1.82) is 0 Å². The molecule has 2 saturated carbocycles. The zero-order valence-corrected chi connectivity index (χ0v) is 10.2. The van der Waals surface area contributed by atoms with Crippen LogP contribution < -0.4 is 0 Å². The highest BCUT2D eigenvalue weighted by Crippen LogP contribution is 2.41. The van der Waals surface area contributed by atoms with Crippen molar-refractivity contribution in [3.63, 3.8) is 0 Å². The van der Waals surface area contributed by atoms with Crippen LogP contribution in [0.15, 0.2) is 12.2 Å². The van der Waals surface area contributed by atoms with Gasteiger partial charge in [0.2, 0.25) is 0 Å². The Kier molecular flexibility index (Phi) is 3.67. The van der Waals surface area contributed by atoms with Gasteiger partial charge in [-0.05, 0) is 38.0 Å². The molecule has 0 N–H and O–H groups in total. The maximum absolute atomic E-state index is 11.4. The standard InChI is InChI=1S/C14H22O2/c1-10(2)14(15)16-13-8-7-11-5-3-4-6-12(11)9-13/h11-13H,1,3-9H2,2H3/t11-,12-,13+/m1/s1. The van der Waals surface area contributed by atoms with Crippen LogP contribution in [0.25, 0.3) is 0 Å². The molecule has 2 fully saturated rings. The quantitative estimate of drug-likeness (QED) is 0.528. The van der Waals surface area contributed by atoms with Gasteiger partial charge < -0.3 is 4.74 Å². The van der Waals surface area contributed by atoms with E-state index in [4.69, 9.17) is 4.74 Å². The predicted molar refractivity (Wildman–Crippen MR) is 64.0 cm³/mol. The number of carbonyl (C=O) groups is 1. The zero-order chi connectivity index (χ0) is 11.5. The van der Waals surface area contributed by atoms with E-state index in [9.17, 15) is 4.79 Å². The van der Waals surface area contributed by atoms with Crippen molar-refractivity contribution >= 4 is 5.97 Å². The Hall–Kier alpha value is -0.790. The summed E-state index contributed by atoms with van der Waals surface area (Å²) in [6.07, 6.45) is 9.04. The van der Waals surface area contributed by atoms with Crippen LogP contribution in [-0.2, 0) is 9.53 Å². The van der Waals surface area contributed by atoms with E-state index in [1.165, 1.54) is 32.1 Å². The van der Waals surface area contributed by atoms with E-state index in [-0.39, 0.29) is 12.1 Å². The minimum atomic E-state index is -0.209. The van der Waals surface area contributed by atoms with Crippen LogP contribution in [-0.4, -0.2) is 12.1 Å². The molecule has 0 aromatic rings. The van der Waals surface area contributed by atoms with Crippen LogP contribution in [0.1, 0.15) is 51.9 Å². The lowest BCUT2D eigenvalue weighted by atomic mass is 9.70. The van der Waals surface area contributed by atoms with Crippen molar-refractivity contribution in [3.8, 4) is 0 Å². The van der Waals surface area contributed by atoms with Crippen molar-refractivity contribution in [2.24, 2.45) is 11.8 Å². The summed E-state index contributed by atoms with van der Waals surface area (Å²) in [7, 11) is 0. The molecule has 90 valence electrons. The van der Waals surface area contributed by atoms with Gasteiger partial charge in [0.05, 0.1) is 0 Å². The monoisotopic (exact) mass is 222 g/mol. The number of ether oxygens (including phenoxy) is 1. The van der Waals surface area contributed by atoms with Crippen molar-refractivity contribution in [2.75, 3.05) is 0 Å². The fourth-order valence-corrected chi connectivity index (χ4v) is 3.19. The molecule has 0 spiro atoms. The van der Waals surface area contributed by atoms with Crippen molar-refractivity contribution in [1.82, 2.24) is 0 Å². The van der Waals surface area contributed by atoms with Crippen LogP contribution in [0.4, 0.5) is 0 Å². The molecular formula is C14H22O2. The van der Waals surface area contributed by atoms with E-state index in [1.807, 2.05) is 0 Å². The predicted octanol–water partition coefficient (Wildman–Crippen LogP) is 3.46. The highest BCUT2D eigenvalue weighted by Gasteiger charge is 2.33. The number of hydrogen-bond acceptors (Lipinski definition) is 2. The maximum atomic E-state index is 11.4. The molecule has 0 radical (unpaired) electrons. The molecule has 2 rings (SSSR count). The average molecular weight is 222 g/mol. The van der Waals surface area contributed by atoms with Crippen LogP contribution in [0.3, 0.4) is 0 Å². The summed E-state index contributed by atoms with van der Waals surface area (Å²) in [6.45, 7) is 5.34. The fourth-order valence-electron chi connectivity index (χ4n) is 3.19. The Balaban J connectivity index is 1.85. The summed E-state index contributed by atoms with van der Waals surface area (Å²) in [4.78, 5) is 11.4. The van der Waals surface area contributed by atoms with Crippen molar-refractivity contribution < 1.29 is 9.53 Å². The van der Waals surface area contributed by atoms with Gasteiger partial charge in [-0.2, -0.15) is 0 Å². The molecule has 2 nitrogen and oxygen atoms in total. The first kappa shape index (κ1) is 11.7. The molecule has 16 heavy (non-hydrogen) atoms. The molecule has 0 bridgehead atoms. The summed E-state index contributed by atoms with van der Waals surface area (Å²) < 4.78 is 5.46. The molecule has 0 saturated heterocycles. The first-order valence-corrected chi connectivity index (χ1v) is 6.53. The lowest BCUT2D eigenvalue weighted by molar-refractivity contribution is -0.147. The molecule has 0 heterocycles. The molecule has 2 heteroatoms. The molecule has 0 amide bonds. The van der Waals surface area contributed by atoms with Gasteiger partial charge in [-0.3, -0.25) is 0 Å². The third-order valence-corrected chi connectivity index (χ3v) is 4.11. The second-order valence-corrected chi connectivity index (χ2v) is 5.43. The second kappa shape index (κ2) is 5.03. The molecule has 0 unspecified atom stereocenters. The summed E-state index contributed by atoms with van der Waals surface area (Å²) in [6, 6.07) is 0. The number of carbonyl (C=O) groups excluding carboxylic acids is 1. The molecule has 0 aliphatic heterocycles. The summed E-state index contributed by atoms with van der Waals surface area (Å²) in [5.74, 6) is 1.51. The number of fused-ring (bicyclic) bond motifs is 1. The van der Waals surface area contributed by atoms with Crippen LogP contribution in [0.5, 0.6) is 0 Å². The smallest absolute Gasteiger partial charge is 0.333 e. The van der Waals surface area contributed by atoms with E-state index in [0.717, 1.165) is 24.7 Å². The number of esters is 1. The van der Waals surface area contributed by atoms with Crippen LogP contribution in [0, 0.1) is 11.8 Å². The minimum Gasteiger partial charge on any atom is -0.459 e. The summed E-state index contributed by atoms with van der Waals surface area (Å²) in [5, 5.41) is 0. The highest BCUT2D eigenvalue weighted by molar-refractivity contribution is 5.87. The van der Waals surface area contributed by atoms with Crippen molar-refractivity contribution in [2.45, 2.75) is 58.0 Å². The molecular weight excluding hydrogens is 200 g/mol. The van der Waals surface area contributed by atoms with Gasteiger partial charge in [-0.15, -0.1) is 0 Å². The summed E-state index contributed by atoms with van der Waals surface area (Å²) >= 11 is 0. The second-order valence-electron chi connectivity index (χ2n) is 5.43. The molecule has 2 aliphatic carbocycles. The molecule has 0 aromatic carbocycles. The van der Waals surface area contributed by atoms with Crippen molar-refractivity contribution in [3.05, 3.63) is 12.2 Å². The van der Waals surface area contributed by atoms with E-state index in [1.54, 1.807) is 6.92 Å². The van der Waals surface area contributed by atoms with E-state index in [2.05, 4.69) is 6.58 Å². The topological polar surface area (TPSA) is 26.3 Å². The minimum absolute atomic E-state index is 0.156. The first-order chi connectivity index (χ1) is 7.66. The zero-order valence-electron chi connectivity index (χ0n) is 10.2. The lowest BCUT2D eigenvalue weighted by Crippen LogP contribution is -2.33. The van der Waals surface area contributed by atoms with E-state index < -0.39 is 0 Å². The largest absolute Gasteiger partial charge is 0.459 e. The van der Waals surface area contributed by atoms with Crippen LogP contribution in [0.2, 0.25) is 0 Å². The molecule has 2 aliphatic rings. The Bertz CT molecular complexity index is 282. The van der Waals surface area contributed by atoms with E-state index >= 15 is 0 Å². The van der Waals surface area contributed by atoms with Gasteiger partial charge in [-0.25, -0.2) is 4.79 Å². The fraction of sp³-hybridized carbons (Fsp3) is 0.786. The van der Waals surface area contributed by atoms with Gasteiger partial charge in [0.1, 0.15) is 6.10 Å². The van der Waals surface area contributed by atoms with Gasteiger partial charge in [-0.1, -0.05) is 32.3 Å². The van der Waals surface area contributed by atoms with Crippen LogP contribution >= 0.6 is 0 Å². The molecule has 3 atom stereocenters. The SMILES string of the molecule is C=C(C)C(=O)O[C@H]1CC[C@H]2CCCC[C@@H]2C1. The normalized spacial score (nSPS) is 33.9. The maximum Gasteiger partial charge on any atom is 0.333 e. The number of rotatable bonds is 2. The van der Waals surface area contributed by atoms with Gasteiger partial charge in [0, 0.05) is 5.57 Å². The van der Waals surface area contributed by atoms with E-state index in [0.29, 0.717) is 5.57 Å². The highest BCUT2D eigenvalue weighted by atomic mass is 16.5. The Labute approximate surface area is 98.1 Å². The molecule has 0 aromatic heterocycles. The van der Waals surface area contributed by atoms with Gasteiger partial charge in [0.15, 0.2) is 0 Å². The first-order valence-electron chi connectivity index (χ1n) is 6.53.